The van der Waals surface area contributed by atoms with Crippen LogP contribution >= 0.6 is 0 Å². The zero-order valence-corrected chi connectivity index (χ0v) is 18.7. The average Bonchev–Trinajstić information content (AvgIpc) is 3.11. The Morgan fingerprint density at radius 2 is 1.94 bits per heavy atom. The topological polar surface area (TPSA) is 121 Å². The maximum Gasteiger partial charge on any atom is 0.319 e. The van der Waals surface area contributed by atoms with E-state index in [4.69, 9.17) is 4.74 Å². The van der Waals surface area contributed by atoms with Gasteiger partial charge in [0.1, 0.15) is 5.82 Å². The number of anilines is 2. The number of pyridine rings is 1. The lowest BCUT2D eigenvalue weighted by Gasteiger charge is -2.18. The van der Waals surface area contributed by atoms with E-state index in [9.17, 15) is 14.0 Å². The number of methoxy groups -OCH3 is 1. The first-order valence-corrected chi connectivity index (χ1v) is 10.1. The smallest absolute Gasteiger partial charge is 0.319 e. The fourth-order valence-corrected chi connectivity index (χ4v) is 3.03. The Labute approximate surface area is 185 Å². The van der Waals surface area contributed by atoms with Crippen molar-refractivity contribution in [2.75, 3.05) is 24.3 Å². The van der Waals surface area contributed by atoms with Gasteiger partial charge in [0.2, 0.25) is 5.88 Å². The zero-order chi connectivity index (χ0) is 23.5. The summed E-state index contributed by atoms with van der Waals surface area (Å²) < 4.78 is 19.6. The molecule has 2 aromatic heterocycles. The number of nitrogens with zero attached hydrogens (tertiary/aromatic N) is 2. The van der Waals surface area contributed by atoms with E-state index in [2.05, 4.69) is 51.9 Å². The Kier molecular flexibility index (Phi) is 6.61. The van der Waals surface area contributed by atoms with Crippen LogP contribution < -0.4 is 20.7 Å². The Bertz CT molecular complexity index is 1150. The highest BCUT2D eigenvalue weighted by Gasteiger charge is 2.17. The zero-order valence-electron chi connectivity index (χ0n) is 18.7. The van der Waals surface area contributed by atoms with Crippen LogP contribution in [0.1, 0.15) is 43.1 Å². The van der Waals surface area contributed by atoms with Crippen LogP contribution in [0.4, 0.5) is 20.6 Å². The van der Waals surface area contributed by atoms with E-state index >= 15 is 0 Å². The van der Waals surface area contributed by atoms with E-state index in [1.807, 2.05) is 0 Å². The molecule has 0 aliphatic rings. The summed E-state index contributed by atoms with van der Waals surface area (Å²) in [5.74, 6) is -0.746. The SMILES string of the molecule is COc1n[nH]c2ncc(NC(=O)c3cc(NC(=O)NCCC(C)(C)C)c(F)cc3C)cc12. The molecule has 0 aliphatic carbocycles. The number of hydrogen-bond acceptors (Lipinski definition) is 5. The van der Waals surface area contributed by atoms with Gasteiger partial charge in [-0.2, -0.15) is 0 Å². The van der Waals surface area contributed by atoms with Gasteiger partial charge in [0, 0.05) is 12.1 Å². The normalized spacial score (nSPS) is 11.3. The van der Waals surface area contributed by atoms with Crippen molar-refractivity contribution in [3.8, 4) is 5.88 Å². The summed E-state index contributed by atoms with van der Waals surface area (Å²) in [6, 6.07) is 3.65. The predicted octanol–water partition coefficient (Wildman–Crippen LogP) is 4.22. The van der Waals surface area contributed by atoms with Crippen LogP contribution in [0.25, 0.3) is 11.0 Å². The third-order valence-electron chi connectivity index (χ3n) is 4.80. The van der Waals surface area contributed by atoms with Crippen molar-refractivity contribution >= 4 is 34.3 Å². The van der Waals surface area contributed by atoms with Crippen molar-refractivity contribution < 1.29 is 18.7 Å². The minimum atomic E-state index is -0.628. The number of carbonyl (C=O) groups excluding carboxylic acids is 2. The number of halogens is 1. The number of hydrogen-bond donors (Lipinski definition) is 4. The highest BCUT2D eigenvalue weighted by Crippen LogP contribution is 2.25. The van der Waals surface area contributed by atoms with E-state index in [-0.39, 0.29) is 16.7 Å². The first-order chi connectivity index (χ1) is 15.1. The summed E-state index contributed by atoms with van der Waals surface area (Å²) in [5, 5.41) is 15.2. The Hall–Kier alpha value is -3.69. The van der Waals surface area contributed by atoms with E-state index < -0.39 is 17.8 Å². The number of H-pyrrole nitrogens is 1. The van der Waals surface area contributed by atoms with Gasteiger partial charge < -0.3 is 20.7 Å². The Morgan fingerprint density at radius 1 is 1.19 bits per heavy atom. The molecule has 0 saturated carbocycles. The van der Waals surface area contributed by atoms with E-state index in [0.717, 1.165) is 6.42 Å². The summed E-state index contributed by atoms with van der Waals surface area (Å²) >= 11 is 0. The number of nitrogens with one attached hydrogen (secondary N) is 4. The first kappa shape index (κ1) is 23.0. The van der Waals surface area contributed by atoms with Gasteiger partial charge in [0.05, 0.1) is 30.1 Å². The molecular weight excluding hydrogens is 415 g/mol. The lowest BCUT2D eigenvalue weighted by atomic mass is 9.92. The van der Waals surface area contributed by atoms with Gasteiger partial charge in [-0.25, -0.2) is 14.2 Å². The number of carbonyl (C=O) groups is 2. The quantitative estimate of drug-likeness (QED) is 0.455. The average molecular weight is 442 g/mol. The molecule has 170 valence electrons. The molecule has 10 heteroatoms. The molecule has 0 saturated heterocycles. The van der Waals surface area contributed by atoms with Crippen molar-refractivity contribution in [1.82, 2.24) is 20.5 Å². The van der Waals surface area contributed by atoms with E-state index in [1.54, 1.807) is 13.0 Å². The second-order valence-corrected chi connectivity index (χ2v) is 8.65. The number of urea groups is 1. The number of rotatable bonds is 6. The van der Waals surface area contributed by atoms with Crippen molar-refractivity contribution in [2.45, 2.75) is 34.1 Å². The summed E-state index contributed by atoms with van der Waals surface area (Å²) in [5.41, 5.74) is 1.55. The monoisotopic (exact) mass is 442 g/mol. The fourth-order valence-electron chi connectivity index (χ4n) is 3.03. The summed E-state index contributed by atoms with van der Waals surface area (Å²) in [4.78, 5) is 29.2. The number of aromatic nitrogens is 3. The van der Waals surface area contributed by atoms with Gasteiger partial charge in [0.25, 0.3) is 5.91 Å². The molecule has 3 rings (SSSR count). The Morgan fingerprint density at radius 3 is 2.62 bits per heavy atom. The van der Waals surface area contributed by atoms with Gasteiger partial charge in [-0.1, -0.05) is 20.8 Å². The van der Waals surface area contributed by atoms with Crippen LogP contribution in [0.5, 0.6) is 5.88 Å². The molecule has 0 fully saturated rings. The molecule has 1 aromatic carbocycles. The number of aromatic amines is 1. The molecule has 0 spiro atoms. The van der Waals surface area contributed by atoms with Crippen LogP contribution in [0, 0.1) is 18.2 Å². The molecule has 0 bridgehead atoms. The van der Waals surface area contributed by atoms with Crippen molar-refractivity contribution in [1.29, 1.82) is 0 Å². The third kappa shape index (κ3) is 5.51. The highest BCUT2D eigenvalue weighted by atomic mass is 19.1. The molecule has 0 radical (unpaired) electrons. The molecule has 3 aromatic rings. The number of aryl methyl sites for hydroxylation is 1. The van der Waals surface area contributed by atoms with Crippen LogP contribution in [-0.2, 0) is 0 Å². The van der Waals surface area contributed by atoms with Crippen molar-refractivity contribution in [3.05, 3.63) is 41.3 Å². The van der Waals surface area contributed by atoms with Gasteiger partial charge in [-0.3, -0.25) is 9.89 Å². The lowest BCUT2D eigenvalue weighted by molar-refractivity contribution is 0.102. The predicted molar refractivity (Wildman–Crippen MR) is 121 cm³/mol. The summed E-state index contributed by atoms with van der Waals surface area (Å²) in [6.07, 6.45) is 2.24. The molecule has 32 heavy (non-hydrogen) atoms. The molecular formula is C22H27FN6O3. The van der Waals surface area contributed by atoms with Crippen LogP contribution in [0.3, 0.4) is 0 Å². The molecule has 4 N–H and O–H groups in total. The van der Waals surface area contributed by atoms with Crippen LogP contribution in [0.15, 0.2) is 24.4 Å². The van der Waals surface area contributed by atoms with Crippen LogP contribution in [-0.4, -0.2) is 40.8 Å². The minimum absolute atomic E-state index is 0.0615. The third-order valence-corrected chi connectivity index (χ3v) is 4.80. The van der Waals surface area contributed by atoms with Crippen molar-refractivity contribution in [3.63, 3.8) is 0 Å². The van der Waals surface area contributed by atoms with Crippen molar-refractivity contribution in [2.24, 2.45) is 5.41 Å². The van der Waals surface area contributed by atoms with E-state index in [0.29, 0.717) is 34.7 Å². The maximum absolute atomic E-state index is 14.4. The number of amides is 3. The second kappa shape index (κ2) is 9.21. The molecule has 2 heterocycles. The van der Waals surface area contributed by atoms with Crippen LogP contribution in [0.2, 0.25) is 0 Å². The number of benzene rings is 1. The number of fused-ring (bicyclic) bond motifs is 1. The molecule has 3 amide bonds. The van der Waals surface area contributed by atoms with Gasteiger partial charge >= 0.3 is 6.03 Å². The molecule has 9 nitrogen and oxygen atoms in total. The number of ether oxygens (including phenoxy) is 1. The summed E-state index contributed by atoms with van der Waals surface area (Å²) in [7, 11) is 1.48. The molecule has 0 atom stereocenters. The Balaban J connectivity index is 1.74. The standard InChI is InChI=1S/C22H27FN6O3/c1-12-8-16(23)17(27-21(31)24-7-6-22(2,3)4)10-14(12)19(30)26-13-9-15-18(25-11-13)28-29-20(15)32-5/h8-11H,6-7H2,1-5H3,(H,26,30)(H2,24,27,31)(H,25,28,29). The van der Waals surface area contributed by atoms with Gasteiger partial charge in [-0.15, -0.1) is 5.10 Å². The first-order valence-electron chi connectivity index (χ1n) is 10.1. The second-order valence-electron chi connectivity index (χ2n) is 8.65. The fraction of sp³-hybridized carbons (Fsp3) is 0.364. The largest absolute Gasteiger partial charge is 0.479 e. The van der Waals surface area contributed by atoms with Gasteiger partial charge in [0.15, 0.2) is 5.65 Å². The highest BCUT2D eigenvalue weighted by molar-refractivity contribution is 6.07. The lowest BCUT2D eigenvalue weighted by Crippen LogP contribution is -2.31. The maximum atomic E-state index is 14.4. The molecule has 0 unspecified atom stereocenters. The molecule has 0 aliphatic heterocycles. The van der Waals surface area contributed by atoms with Gasteiger partial charge in [-0.05, 0) is 42.5 Å². The minimum Gasteiger partial charge on any atom is -0.479 e. The summed E-state index contributed by atoms with van der Waals surface area (Å²) in [6.45, 7) is 8.25. The van der Waals surface area contributed by atoms with E-state index in [1.165, 1.54) is 25.4 Å².